The van der Waals surface area contributed by atoms with Gasteiger partial charge in [-0.25, -0.2) is 8.42 Å². The van der Waals surface area contributed by atoms with E-state index in [0.29, 0.717) is 22.6 Å². The number of ether oxygens (including phenoxy) is 1. The van der Waals surface area contributed by atoms with Gasteiger partial charge in [-0.2, -0.15) is 8.42 Å². The van der Waals surface area contributed by atoms with Crippen LogP contribution >= 0.6 is 0 Å². The Labute approximate surface area is 401 Å². The van der Waals surface area contributed by atoms with Crippen LogP contribution in [0.4, 0.5) is 0 Å². The summed E-state index contributed by atoms with van der Waals surface area (Å²) in [4.78, 5) is 3.83. The van der Waals surface area contributed by atoms with Crippen molar-refractivity contribution in [3.8, 4) is 17.2 Å². The predicted octanol–water partition coefficient (Wildman–Crippen LogP) is 13.6. The highest BCUT2D eigenvalue weighted by atomic mass is 32.2. The Kier molecular flexibility index (Phi) is 10.5. The SMILES string of the molecule is CC1(C)C2CCC1(c1cc(C34CCC(CC3)C4(C)C)c(S(=O)(=O)Oc3ccc(S(=O)(=O)[O-])cc3)c(C34CCC(CC3)C4(C)C)c1)CC2.c1ccc([S+]2c3ccccc3Oc3ccccc32)cc1. The van der Waals surface area contributed by atoms with Crippen LogP contribution in [0.25, 0.3) is 0 Å². The number of para-hydroxylation sites is 2. The lowest BCUT2D eigenvalue weighted by molar-refractivity contribution is 0.196. The molecule has 0 aromatic heterocycles. The summed E-state index contributed by atoms with van der Waals surface area (Å²) in [6.07, 6.45) is 13.1. The monoisotopic (exact) mass is 956 g/mol. The molecule has 5 aromatic carbocycles. The zero-order valence-corrected chi connectivity index (χ0v) is 42.2. The fourth-order valence-electron chi connectivity index (χ4n) is 15.7. The molecule has 1 aliphatic heterocycles. The van der Waals surface area contributed by atoms with Gasteiger partial charge in [0.05, 0.1) is 4.90 Å². The lowest BCUT2D eigenvalue weighted by Gasteiger charge is -2.46. The van der Waals surface area contributed by atoms with Gasteiger partial charge in [-0.1, -0.05) is 96.1 Å². The minimum Gasteiger partial charge on any atom is -0.744 e. The highest BCUT2D eigenvalue weighted by Crippen LogP contribution is 2.73. The summed E-state index contributed by atoms with van der Waals surface area (Å²) in [5.41, 5.74) is 2.83. The maximum Gasteiger partial charge on any atom is 0.339 e. The molecule has 0 N–H and O–H groups in total. The molecule has 5 aromatic rings. The Balaban J connectivity index is 0.000000205. The summed E-state index contributed by atoms with van der Waals surface area (Å²) in [5.74, 6) is 3.77. The van der Waals surface area contributed by atoms with Gasteiger partial charge >= 0.3 is 10.1 Å². The van der Waals surface area contributed by atoms with Crippen molar-refractivity contribution in [3.05, 3.63) is 132 Å². The largest absolute Gasteiger partial charge is 0.744 e. The van der Waals surface area contributed by atoms with Gasteiger partial charge in [-0.05, 0) is 188 Å². The van der Waals surface area contributed by atoms with Gasteiger partial charge < -0.3 is 13.5 Å². The third-order valence-corrected chi connectivity index (χ3v) is 24.4. The van der Waals surface area contributed by atoms with Gasteiger partial charge in [-0.15, -0.1) is 0 Å². The normalized spacial score (nSPS) is 30.3. The summed E-state index contributed by atoms with van der Waals surface area (Å²) in [6.45, 7) is 14.4. The van der Waals surface area contributed by atoms with Gasteiger partial charge in [0.15, 0.2) is 16.4 Å². The Morgan fingerprint density at radius 2 is 0.940 bits per heavy atom. The topological polar surface area (TPSA) is 110 Å². The molecule has 6 bridgehead atoms. The number of hydrogen-bond donors (Lipinski definition) is 0. The van der Waals surface area contributed by atoms with Crippen LogP contribution in [0.3, 0.4) is 0 Å². The minimum absolute atomic E-state index is 0.0208. The van der Waals surface area contributed by atoms with Crippen LogP contribution in [0.1, 0.15) is 135 Å². The zero-order valence-electron chi connectivity index (χ0n) is 39.8. The fourth-order valence-corrected chi connectivity index (χ4v) is 19.9. The fraction of sp³-hybridized carbons (Fsp3) is 0.474. The van der Waals surface area contributed by atoms with E-state index in [1.54, 1.807) is 0 Å². The van der Waals surface area contributed by atoms with Gasteiger partial charge in [0.25, 0.3) is 0 Å². The molecule has 0 unspecified atom stereocenters. The highest BCUT2D eigenvalue weighted by molar-refractivity contribution is 7.97. The molecule has 6 saturated carbocycles. The summed E-state index contributed by atoms with van der Waals surface area (Å²) in [6, 6.07) is 36.9. The summed E-state index contributed by atoms with van der Waals surface area (Å²) in [5, 5.41) is 0. The van der Waals surface area contributed by atoms with Crippen LogP contribution in [0.5, 0.6) is 17.2 Å². The quantitative estimate of drug-likeness (QED) is 0.0849. The maximum absolute atomic E-state index is 15.1. The van der Waals surface area contributed by atoms with Gasteiger partial charge in [0.1, 0.15) is 31.7 Å². The first-order valence-corrected chi connectivity index (χ1v) is 28.7. The Morgan fingerprint density at radius 3 is 1.34 bits per heavy atom. The molecule has 7 nitrogen and oxygen atoms in total. The number of benzene rings is 5. The van der Waals surface area contributed by atoms with Crippen LogP contribution in [0, 0.1) is 34.0 Å². The second kappa shape index (κ2) is 15.5. The van der Waals surface area contributed by atoms with E-state index in [9.17, 15) is 13.0 Å². The van der Waals surface area contributed by atoms with Crippen LogP contribution in [-0.4, -0.2) is 21.4 Å². The predicted molar refractivity (Wildman–Crippen MR) is 262 cm³/mol. The first kappa shape index (κ1) is 45.4. The molecule has 352 valence electrons. The lowest BCUT2D eigenvalue weighted by Crippen LogP contribution is -2.42. The third-order valence-electron chi connectivity index (χ3n) is 19.9. The highest BCUT2D eigenvalue weighted by Gasteiger charge is 2.66. The van der Waals surface area contributed by atoms with E-state index >= 15 is 8.42 Å². The molecule has 12 rings (SSSR count). The van der Waals surface area contributed by atoms with Crippen molar-refractivity contribution in [2.75, 3.05) is 0 Å². The molecule has 7 aliphatic rings. The van der Waals surface area contributed by atoms with Crippen molar-refractivity contribution in [3.63, 3.8) is 0 Å². The lowest BCUT2D eigenvalue weighted by atomic mass is 9.58. The molecule has 0 radical (unpaired) electrons. The van der Waals surface area contributed by atoms with E-state index in [2.05, 4.69) is 108 Å². The third kappa shape index (κ3) is 6.57. The van der Waals surface area contributed by atoms with Crippen LogP contribution < -0.4 is 8.92 Å². The van der Waals surface area contributed by atoms with Gasteiger partial charge in [0, 0.05) is 16.2 Å². The zero-order chi connectivity index (χ0) is 47.0. The van der Waals surface area contributed by atoms with Gasteiger partial charge in [0.2, 0.25) is 9.79 Å². The van der Waals surface area contributed by atoms with Crippen molar-refractivity contribution in [2.45, 2.75) is 159 Å². The van der Waals surface area contributed by atoms with Crippen molar-refractivity contribution in [1.82, 2.24) is 0 Å². The van der Waals surface area contributed by atoms with Crippen molar-refractivity contribution >= 4 is 31.1 Å². The summed E-state index contributed by atoms with van der Waals surface area (Å²) in [7, 11) is -9.13. The molecule has 0 amide bonds. The molecule has 67 heavy (non-hydrogen) atoms. The molecule has 1 heterocycles. The van der Waals surface area contributed by atoms with Crippen molar-refractivity contribution in [1.29, 1.82) is 0 Å². The average Bonchev–Trinajstić information content (AvgIpc) is 4.06. The molecule has 0 atom stereocenters. The second-order valence-electron chi connectivity index (χ2n) is 22.7. The molecule has 6 fully saturated rings. The van der Waals surface area contributed by atoms with E-state index < -0.39 is 25.1 Å². The molecule has 10 heteroatoms. The molecular formula is C57H64O7S3. The van der Waals surface area contributed by atoms with Crippen LogP contribution in [-0.2, 0) is 47.4 Å². The number of fused-ring (bicyclic) bond motifs is 8. The smallest absolute Gasteiger partial charge is 0.339 e. The van der Waals surface area contributed by atoms with Crippen LogP contribution in [0.15, 0.2) is 140 Å². The standard InChI is InChI=1S/C39H52O6S2.C18H13OS/c1-34(2)25-11-17-37(34,18-12-25)28-23-31(38-19-13-26(14-20-38)35(38,3)4)33(32(24-28)39-21-15-27(16-22-39)36(39,5)6)47(43,44)45-29-7-9-30(10-8-29)46(40,41)42;1-2-8-14(9-3-1)20-17-12-6-4-10-15(17)19-16-11-5-7-13-18(16)20/h7-10,23-27H,11-22H2,1-6H3,(H,40,41,42);1-13H/q;+1/p-1. The summed E-state index contributed by atoms with van der Waals surface area (Å²) >= 11 is 0. The molecule has 0 saturated heterocycles. The molecule has 6 aliphatic carbocycles. The first-order valence-electron chi connectivity index (χ1n) is 24.6. The second-order valence-corrected chi connectivity index (χ2v) is 27.5. The van der Waals surface area contributed by atoms with E-state index in [1.165, 1.54) is 45.2 Å². The molecular weight excluding hydrogens is 893 g/mol. The number of hydrogen-bond acceptors (Lipinski definition) is 7. The Hall–Kier alpha value is -4.09. The van der Waals surface area contributed by atoms with Crippen LogP contribution in [0.2, 0.25) is 0 Å². The summed E-state index contributed by atoms with van der Waals surface area (Å²) < 4.78 is 77.2. The van der Waals surface area contributed by atoms with Gasteiger partial charge in [-0.3, -0.25) is 0 Å². The first-order chi connectivity index (χ1) is 31.8. The van der Waals surface area contributed by atoms with E-state index in [1.807, 2.05) is 24.3 Å². The van der Waals surface area contributed by atoms with Crippen molar-refractivity contribution < 1.29 is 30.3 Å². The van der Waals surface area contributed by atoms with E-state index in [-0.39, 0.29) is 49.1 Å². The van der Waals surface area contributed by atoms with Crippen molar-refractivity contribution in [2.24, 2.45) is 34.0 Å². The van der Waals surface area contributed by atoms with E-state index in [0.717, 1.165) is 99.0 Å². The maximum atomic E-state index is 15.1. The minimum atomic E-state index is -4.67. The Bertz CT molecular complexity index is 2860. The Morgan fingerprint density at radius 1 is 0.537 bits per heavy atom. The average molecular weight is 957 g/mol. The molecule has 0 spiro atoms. The van der Waals surface area contributed by atoms with E-state index in [4.69, 9.17) is 8.92 Å². The number of rotatable bonds is 8.